The molecule has 1 amide bonds. The average molecular weight is 352 g/mol. The van der Waals surface area contributed by atoms with Gasteiger partial charge in [0, 0.05) is 10.5 Å². The summed E-state index contributed by atoms with van der Waals surface area (Å²) in [6.45, 7) is 4.10. The van der Waals surface area contributed by atoms with Crippen molar-refractivity contribution in [3.8, 4) is 5.75 Å². The minimum atomic E-state index is -0.409. The molecule has 0 heterocycles. The highest BCUT2D eigenvalue weighted by Gasteiger charge is 2.13. The van der Waals surface area contributed by atoms with Gasteiger partial charge in [-0.3, -0.25) is 4.79 Å². The van der Waals surface area contributed by atoms with E-state index in [0.717, 1.165) is 5.56 Å². The summed E-state index contributed by atoms with van der Waals surface area (Å²) in [5.41, 5.74) is 1.94. The Morgan fingerprint density at radius 2 is 2.05 bits per heavy atom. The van der Waals surface area contributed by atoms with Gasteiger partial charge in [-0.25, -0.2) is 4.39 Å². The molecule has 0 fully saturated rings. The van der Waals surface area contributed by atoms with Crippen LogP contribution in [0, 0.1) is 12.7 Å². The van der Waals surface area contributed by atoms with Crippen LogP contribution >= 0.6 is 15.9 Å². The number of hydrogen-bond acceptors (Lipinski definition) is 2. The first-order valence-electron chi connectivity index (χ1n) is 6.51. The first-order chi connectivity index (χ1) is 10.0. The van der Waals surface area contributed by atoms with Gasteiger partial charge in [-0.15, -0.1) is 0 Å². The number of rotatable bonds is 4. The van der Waals surface area contributed by atoms with E-state index >= 15 is 0 Å². The number of nitrogens with one attached hydrogen (secondary N) is 1. The molecular formula is C16H15BrFNO2. The molecule has 3 nitrogen and oxygen atoms in total. The number of aryl methyl sites for hydroxylation is 1. The van der Waals surface area contributed by atoms with Gasteiger partial charge in [0.1, 0.15) is 11.6 Å². The fourth-order valence-electron chi connectivity index (χ4n) is 1.88. The van der Waals surface area contributed by atoms with E-state index in [-0.39, 0.29) is 5.91 Å². The van der Waals surface area contributed by atoms with Crippen molar-refractivity contribution >= 4 is 27.5 Å². The normalized spacial score (nSPS) is 10.3. The lowest BCUT2D eigenvalue weighted by atomic mass is 10.1. The Hall–Kier alpha value is -1.88. The smallest absolute Gasteiger partial charge is 0.256 e. The summed E-state index contributed by atoms with van der Waals surface area (Å²) in [5.74, 6) is -0.374. The van der Waals surface area contributed by atoms with Gasteiger partial charge >= 0.3 is 0 Å². The van der Waals surface area contributed by atoms with Crippen LogP contribution in [-0.2, 0) is 0 Å². The van der Waals surface area contributed by atoms with Crippen LogP contribution in [0.2, 0.25) is 0 Å². The van der Waals surface area contributed by atoms with Crippen molar-refractivity contribution in [1.29, 1.82) is 0 Å². The summed E-state index contributed by atoms with van der Waals surface area (Å²) in [7, 11) is 0. The highest BCUT2D eigenvalue weighted by Crippen LogP contribution is 2.27. The fourth-order valence-corrected chi connectivity index (χ4v) is 2.30. The number of benzene rings is 2. The number of ether oxygens (including phenoxy) is 1. The molecule has 2 aromatic rings. The van der Waals surface area contributed by atoms with Crippen LogP contribution in [0.25, 0.3) is 0 Å². The molecular weight excluding hydrogens is 337 g/mol. The molecule has 0 aliphatic heterocycles. The minimum absolute atomic E-state index is 0.280. The standard InChI is InChI=1S/C16H15BrFNO2/c1-3-21-15-9-11(18)5-7-14(15)19-16(20)12-8-10(2)4-6-13(12)17/h4-9H,3H2,1-2H3,(H,19,20). The number of amides is 1. The van der Waals surface area contributed by atoms with E-state index in [1.807, 2.05) is 19.1 Å². The Balaban J connectivity index is 2.29. The van der Waals surface area contributed by atoms with E-state index in [0.29, 0.717) is 28.1 Å². The van der Waals surface area contributed by atoms with Crippen molar-refractivity contribution < 1.29 is 13.9 Å². The number of halogens is 2. The molecule has 2 aromatic carbocycles. The van der Waals surface area contributed by atoms with Crippen molar-refractivity contribution in [3.05, 3.63) is 57.8 Å². The summed E-state index contributed by atoms with van der Waals surface area (Å²) >= 11 is 3.35. The lowest BCUT2D eigenvalue weighted by Crippen LogP contribution is -2.14. The summed E-state index contributed by atoms with van der Waals surface area (Å²) in [5, 5.41) is 2.75. The van der Waals surface area contributed by atoms with Gasteiger partial charge < -0.3 is 10.1 Å². The maximum Gasteiger partial charge on any atom is 0.256 e. The molecule has 0 saturated heterocycles. The molecule has 110 valence electrons. The Bertz CT molecular complexity index is 673. The maximum absolute atomic E-state index is 13.2. The van der Waals surface area contributed by atoms with Gasteiger partial charge in [0.15, 0.2) is 0 Å². The highest BCUT2D eigenvalue weighted by molar-refractivity contribution is 9.10. The quantitative estimate of drug-likeness (QED) is 0.877. The summed E-state index contributed by atoms with van der Waals surface area (Å²) in [6, 6.07) is 9.53. The lowest BCUT2D eigenvalue weighted by molar-refractivity contribution is 0.102. The van der Waals surface area contributed by atoms with Crippen LogP contribution in [0.3, 0.4) is 0 Å². The predicted octanol–water partition coefficient (Wildman–Crippen LogP) is 4.55. The van der Waals surface area contributed by atoms with Crippen LogP contribution in [0.5, 0.6) is 5.75 Å². The van der Waals surface area contributed by atoms with Gasteiger partial charge in [0.05, 0.1) is 17.9 Å². The van der Waals surface area contributed by atoms with E-state index in [1.54, 1.807) is 13.0 Å². The fraction of sp³-hybridized carbons (Fsp3) is 0.188. The van der Waals surface area contributed by atoms with E-state index < -0.39 is 5.82 Å². The number of anilines is 1. The molecule has 0 aliphatic carbocycles. The molecule has 0 atom stereocenters. The third-order valence-corrected chi connectivity index (χ3v) is 3.55. The van der Waals surface area contributed by atoms with Crippen molar-refractivity contribution in [3.63, 3.8) is 0 Å². The predicted molar refractivity (Wildman–Crippen MR) is 84.4 cm³/mol. The summed E-state index contributed by atoms with van der Waals surface area (Å²) in [6.07, 6.45) is 0. The van der Waals surface area contributed by atoms with Gasteiger partial charge in [0.2, 0.25) is 0 Å². The van der Waals surface area contributed by atoms with Gasteiger partial charge in [-0.2, -0.15) is 0 Å². The largest absolute Gasteiger partial charge is 0.492 e. The molecule has 0 saturated carbocycles. The Kier molecular flexibility index (Phi) is 4.96. The van der Waals surface area contributed by atoms with E-state index in [2.05, 4.69) is 21.2 Å². The monoisotopic (exact) mass is 351 g/mol. The van der Waals surface area contributed by atoms with Gasteiger partial charge in [0.25, 0.3) is 5.91 Å². The molecule has 5 heteroatoms. The molecule has 21 heavy (non-hydrogen) atoms. The SMILES string of the molecule is CCOc1cc(F)ccc1NC(=O)c1cc(C)ccc1Br. The highest BCUT2D eigenvalue weighted by atomic mass is 79.9. The molecule has 2 rings (SSSR count). The maximum atomic E-state index is 13.2. The topological polar surface area (TPSA) is 38.3 Å². The van der Waals surface area contributed by atoms with Crippen molar-refractivity contribution in [1.82, 2.24) is 0 Å². The zero-order chi connectivity index (χ0) is 15.4. The lowest BCUT2D eigenvalue weighted by Gasteiger charge is -2.12. The van der Waals surface area contributed by atoms with Crippen LogP contribution in [0.1, 0.15) is 22.8 Å². The number of carbonyl (C=O) groups excluding carboxylic acids is 1. The Labute approximate surface area is 131 Å². The van der Waals surface area contributed by atoms with Gasteiger partial charge in [-0.1, -0.05) is 11.6 Å². The average Bonchev–Trinajstić information content (AvgIpc) is 2.44. The second-order valence-corrected chi connectivity index (χ2v) is 5.37. The zero-order valence-electron chi connectivity index (χ0n) is 11.7. The molecule has 0 radical (unpaired) electrons. The minimum Gasteiger partial charge on any atom is -0.492 e. The molecule has 0 bridgehead atoms. The Morgan fingerprint density at radius 3 is 2.76 bits per heavy atom. The van der Waals surface area contributed by atoms with Crippen molar-refractivity contribution in [2.75, 3.05) is 11.9 Å². The summed E-state index contributed by atoms with van der Waals surface area (Å²) < 4.78 is 19.3. The van der Waals surface area contributed by atoms with Crippen LogP contribution in [-0.4, -0.2) is 12.5 Å². The van der Waals surface area contributed by atoms with E-state index in [9.17, 15) is 9.18 Å². The number of carbonyl (C=O) groups is 1. The molecule has 0 aliphatic rings. The Morgan fingerprint density at radius 1 is 1.29 bits per heavy atom. The molecule has 0 aromatic heterocycles. The second-order valence-electron chi connectivity index (χ2n) is 4.51. The molecule has 0 spiro atoms. The third-order valence-electron chi connectivity index (χ3n) is 2.86. The third kappa shape index (κ3) is 3.82. The van der Waals surface area contributed by atoms with Crippen LogP contribution in [0.15, 0.2) is 40.9 Å². The zero-order valence-corrected chi connectivity index (χ0v) is 13.3. The van der Waals surface area contributed by atoms with Crippen molar-refractivity contribution in [2.45, 2.75) is 13.8 Å². The van der Waals surface area contributed by atoms with E-state index in [4.69, 9.17) is 4.74 Å². The first kappa shape index (κ1) is 15.5. The molecule has 0 unspecified atom stereocenters. The number of hydrogen-bond donors (Lipinski definition) is 1. The van der Waals surface area contributed by atoms with Crippen LogP contribution in [0.4, 0.5) is 10.1 Å². The van der Waals surface area contributed by atoms with Gasteiger partial charge in [-0.05, 0) is 54.0 Å². The van der Waals surface area contributed by atoms with Crippen LogP contribution < -0.4 is 10.1 Å². The van der Waals surface area contributed by atoms with E-state index in [1.165, 1.54) is 18.2 Å². The molecule has 1 N–H and O–H groups in total. The first-order valence-corrected chi connectivity index (χ1v) is 7.30. The second kappa shape index (κ2) is 6.72. The summed E-state index contributed by atoms with van der Waals surface area (Å²) in [4.78, 5) is 12.3. The van der Waals surface area contributed by atoms with Crippen molar-refractivity contribution in [2.24, 2.45) is 0 Å².